The predicted octanol–water partition coefficient (Wildman–Crippen LogP) is 2.74. The van der Waals surface area contributed by atoms with Crippen molar-refractivity contribution in [3.05, 3.63) is 29.8 Å². The van der Waals surface area contributed by atoms with Crippen LogP contribution in [0.25, 0.3) is 0 Å². The molecule has 1 aromatic rings. The Balaban J connectivity index is 2.34. The number of aromatic carboxylic acids is 1. The minimum absolute atomic E-state index is 0.170. The lowest BCUT2D eigenvalue weighted by Crippen LogP contribution is -2.27. The summed E-state index contributed by atoms with van der Waals surface area (Å²) < 4.78 is 10.5. The zero-order valence-corrected chi connectivity index (χ0v) is 12.0. The lowest BCUT2D eigenvalue weighted by Gasteiger charge is -2.20. The molecule has 0 amide bonds. The van der Waals surface area contributed by atoms with Gasteiger partial charge in [0.25, 0.3) is 0 Å². The smallest absolute Gasteiger partial charge is 0.335 e. The van der Waals surface area contributed by atoms with Crippen molar-refractivity contribution in [3.8, 4) is 5.75 Å². The van der Waals surface area contributed by atoms with Crippen LogP contribution in [-0.2, 0) is 9.53 Å². The Labute approximate surface area is 118 Å². The summed E-state index contributed by atoms with van der Waals surface area (Å²) in [6.45, 7) is 6.00. The highest BCUT2D eigenvalue weighted by molar-refractivity contribution is 5.87. The van der Waals surface area contributed by atoms with Gasteiger partial charge in [-0.15, -0.1) is 0 Å². The topological polar surface area (TPSA) is 72.8 Å². The molecule has 0 spiro atoms. The Morgan fingerprint density at radius 2 is 1.75 bits per heavy atom. The Hall–Kier alpha value is -2.04. The minimum Gasteiger partial charge on any atom is -0.490 e. The van der Waals surface area contributed by atoms with E-state index in [1.807, 2.05) is 20.8 Å². The van der Waals surface area contributed by atoms with E-state index < -0.39 is 11.4 Å². The van der Waals surface area contributed by atoms with E-state index in [4.69, 9.17) is 14.6 Å². The van der Waals surface area contributed by atoms with E-state index in [2.05, 4.69) is 0 Å². The highest BCUT2D eigenvalue weighted by atomic mass is 16.6. The Kier molecular flexibility index (Phi) is 5.55. The van der Waals surface area contributed by atoms with E-state index in [1.165, 1.54) is 12.1 Å². The first kappa shape index (κ1) is 16.0. The second-order valence-electron chi connectivity index (χ2n) is 5.05. The summed E-state index contributed by atoms with van der Waals surface area (Å²) >= 11 is 0. The first-order valence-corrected chi connectivity index (χ1v) is 6.50. The van der Waals surface area contributed by atoms with Gasteiger partial charge in [-0.25, -0.2) is 4.79 Å². The predicted molar refractivity (Wildman–Crippen MR) is 73.9 cm³/mol. The monoisotopic (exact) mass is 280 g/mol. The molecule has 0 radical (unpaired) electrons. The van der Waals surface area contributed by atoms with Crippen LogP contribution in [0.1, 0.15) is 37.6 Å². The SMILES string of the molecule is CCC(C)(C)C(=O)OCCOc1ccc(C(=O)O)cc1. The number of carboxylic acids is 1. The van der Waals surface area contributed by atoms with E-state index in [9.17, 15) is 9.59 Å². The molecule has 110 valence electrons. The van der Waals surface area contributed by atoms with Crippen molar-refractivity contribution in [2.45, 2.75) is 27.2 Å². The van der Waals surface area contributed by atoms with Crippen LogP contribution in [0.15, 0.2) is 24.3 Å². The van der Waals surface area contributed by atoms with Gasteiger partial charge in [0.1, 0.15) is 19.0 Å². The van der Waals surface area contributed by atoms with E-state index in [1.54, 1.807) is 12.1 Å². The number of hydrogen-bond donors (Lipinski definition) is 1. The molecule has 0 atom stereocenters. The van der Waals surface area contributed by atoms with Gasteiger partial charge in [0, 0.05) is 0 Å². The van der Waals surface area contributed by atoms with Crippen molar-refractivity contribution >= 4 is 11.9 Å². The number of esters is 1. The molecular formula is C15H20O5. The number of ether oxygens (including phenoxy) is 2. The van der Waals surface area contributed by atoms with E-state index in [0.717, 1.165) is 0 Å². The van der Waals surface area contributed by atoms with Crippen molar-refractivity contribution in [3.63, 3.8) is 0 Å². The molecule has 0 aliphatic heterocycles. The van der Waals surface area contributed by atoms with Gasteiger partial charge in [-0.1, -0.05) is 6.92 Å². The molecule has 1 N–H and O–H groups in total. The lowest BCUT2D eigenvalue weighted by atomic mass is 9.91. The second-order valence-corrected chi connectivity index (χ2v) is 5.05. The fraction of sp³-hybridized carbons (Fsp3) is 0.467. The lowest BCUT2D eigenvalue weighted by molar-refractivity contribution is -0.154. The average Bonchev–Trinajstić information content (AvgIpc) is 2.43. The highest BCUT2D eigenvalue weighted by Gasteiger charge is 2.26. The van der Waals surface area contributed by atoms with Gasteiger partial charge in [-0.05, 0) is 44.5 Å². The molecule has 0 aromatic heterocycles. The van der Waals surface area contributed by atoms with Gasteiger partial charge in [0.2, 0.25) is 0 Å². The van der Waals surface area contributed by atoms with Crippen molar-refractivity contribution in [1.82, 2.24) is 0 Å². The van der Waals surface area contributed by atoms with Crippen molar-refractivity contribution in [2.75, 3.05) is 13.2 Å². The first-order chi connectivity index (χ1) is 9.36. The zero-order valence-electron chi connectivity index (χ0n) is 12.0. The second kappa shape index (κ2) is 6.93. The van der Waals surface area contributed by atoms with E-state index >= 15 is 0 Å². The van der Waals surface area contributed by atoms with Crippen molar-refractivity contribution in [2.24, 2.45) is 5.41 Å². The third-order valence-corrected chi connectivity index (χ3v) is 3.12. The molecule has 0 aliphatic carbocycles. The van der Waals surface area contributed by atoms with Crippen LogP contribution in [0.2, 0.25) is 0 Å². The standard InChI is InChI=1S/C15H20O5/c1-4-15(2,3)14(18)20-10-9-19-12-7-5-11(6-8-12)13(16)17/h5-8H,4,9-10H2,1-3H3,(H,16,17). The van der Waals surface area contributed by atoms with Crippen LogP contribution < -0.4 is 4.74 Å². The third kappa shape index (κ3) is 4.57. The Morgan fingerprint density at radius 1 is 1.15 bits per heavy atom. The largest absolute Gasteiger partial charge is 0.490 e. The molecule has 0 saturated heterocycles. The van der Waals surface area contributed by atoms with Gasteiger partial charge < -0.3 is 14.6 Å². The van der Waals surface area contributed by atoms with Gasteiger partial charge in [0.15, 0.2) is 0 Å². The van der Waals surface area contributed by atoms with E-state index in [0.29, 0.717) is 12.2 Å². The number of carbonyl (C=O) groups excluding carboxylic acids is 1. The normalized spacial score (nSPS) is 10.9. The molecule has 5 heteroatoms. The third-order valence-electron chi connectivity index (χ3n) is 3.12. The summed E-state index contributed by atoms with van der Waals surface area (Å²) in [5, 5.41) is 8.75. The number of carboxylic acid groups (broad SMARTS) is 1. The molecule has 0 unspecified atom stereocenters. The van der Waals surface area contributed by atoms with Crippen molar-refractivity contribution < 1.29 is 24.2 Å². The molecule has 0 bridgehead atoms. The molecule has 1 rings (SSSR count). The van der Waals surface area contributed by atoms with Crippen molar-refractivity contribution in [1.29, 1.82) is 0 Å². The van der Waals surface area contributed by atoms with Gasteiger partial charge >= 0.3 is 11.9 Å². The number of hydrogen-bond acceptors (Lipinski definition) is 4. The number of benzene rings is 1. The summed E-state index contributed by atoms with van der Waals surface area (Å²) in [4.78, 5) is 22.4. The summed E-state index contributed by atoms with van der Waals surface area (Å²) in [7, 11) is 0. The maximum Gasteiger partial charge on any atom is 0.335 e. The van der Waals surface area contributed by atoms with Crippen LogP contribution >= 0.6 is 0 Å². The maximum atomic E-state index is 11.7. The summed E-state index contributed by atoms with van der Waals surface area (Å²) in [6.07, 6.45) is 0.712. The fourth-order valence-corrected chi connectivity index (χ4v) is 1.33. The molecule has 0 aliphatic rings. The van der Waals surface area contributed by atoms with E-state index in [-0.39, 0.29) is 24.7 Å². The summed E-state index contributed by atoms with van der Waals surface area (Å²) in [6, 6.07) is 6.07. The molecule has 0 saturated carbocycles. The van der Waals surface area contributed by atoms with Gasteiger partial charge in [-0.2, -0.15) is 0 Å². The molecular weight excluding hydrogens is 260 g/mol. The summed E-state index contributed by atoms with van der Waals surface area (Å²) in [5.74, 6) is -0.682. The van der Waals surface area contributed by atoms with Crippen LogP contribution in [0.4, 0.5) is 0 Å². The van der Waals surface area contributed by atoms with Crippen LogP contribution in [0.3, 0.4) is 0 Å². The Morgan fingerprint density at radius 3 is 2.25 bits per heavy atom. The number of rotatable bonds is 7. The molecule has 0 fully saturated rings. The first-order valence-electron chi connectivity index (χ1n) is 6.50. The quantitative estimate of drug-likeness (QED) is 0.614. The molecule has 5 nitrogen and oxygen atoms in total. The number of carbonyl (C=O) groups is 2. The molecule has 0 heterocycles. The summed E-state index contributed by atoms with van der Waals surface area (Å²) in [5.41, 5.74) is -0.281. The highest BCUT2D eigenvalue weighted by Crippen LogP contribution is 2.21. The average molecular weight is 280 g/mol. The zero-order chi connectivity index (χ0) is 15.2. The van der Waals surface area contributed by atoms with Crippen LogP contribution in [0, 0.1) is 5.41 Å². The molecule has 20 heavy (non-hydrogen) atoms. The maximum absolute atomic E-state index is 11.7. The molecule has 1 aromatic carbocycles. The minimum atomic E-state index is -0.979. The van der Waals surface area contributed by atoms with Gasteiger partial charge in [-0.3, -0.25) is 4.79 Å². The van der Waals surface area contributed by atoms with Crippen LogP contribution in [0.5, 0.6) is 5.75 Å². The van der Waals surface area contributed by atoms with Gasteiger partial charge in [0.05, 0.1) is 11.0 Å². The Bertz CT molecular complexity index is 462. The fourth-order valence-electron chi connectivity index (χ4n) is 1.33. The van der Waals surface area contributed by atoms with Crippen LogP contribution in [-0.4, -0.2) is 30.3 Å².